The van der Waals surface area contributed by atoms with E-state index in [1.807, 2.05) is 36.6 Å². The molecule has 0 atom stereocenters. The summed E-state index contributed by atoms with van der Waals surface area (Å²) in [7, 11) is 0. The van der Waals surface area contributed by atoms with Crippen molar-refractivity contribution < 1.29 is 23.0 Å². The molecule has 39 heavy (non-hydrogen) atoms. The van der Waals surface area contributed by atoms with Crippen molar-refractivity contribution in [3.63, 3.8) is 0 Å². The van der Waals surface area contributed by atoms with Crippen LogP contribution < -0.4 is 4.74 Å². The molecule has 1 aliphatic rings. The van der Waals surface area contributed by atoms with Gasteiger partial charge in [-0.25, -0.2) is 13.6 Å². The Morgan fingerprint density at radius 2 is 1.46 bits per heavy atom. The molecule has 198 valence electrons. The van der Waals surface area contributed by atoms with Crippen molar-refractivity contribution in [3.8, 4) is 5.75 Å². The minimum absolute atomic E-state index is 0.0769. The van der Waals surface area contributed by atoms with Crippen molar-refractivity contribution in [1.82, 2.24) is 0 Å². The Bertz CT molecular complexity index is 1490. The topological polar surface area (TPSA) is 35.5 Å². The molecule has 0 heterocycles. The van der Waals surface area contributed by atoms with E-state index < -0.39 is 5.97 Å². The molecule has 0 N–H and O–H groups in total. The minimum Gasteiger partial charge on any atom is -0.488 e. The maximum absolute atomic E-state index is 13.3. The molecule has 0 aliphatic heterocycles. The quantitative estimate of drug-likeness (QED) is 0.157. The summed E-state index contributed by atoms with van der Waals surface area (Å²) in [4.78, 5) is 14.0. The summed E-state index contributed by atoms with van der Waals surface area (Å²) in [5, 5.41) is 0. The summed E-state index contributed by atoms with van der Waals surface area (Å²) in [6, 6.07) is 26.0. The molecule has 0 bridgehead atoms. The number of thioether (sulfide) groups is 1. The van der Waals surface area contributed by atoms with Crippen LogP contribution in [0.25, 0.3) is 11.1 Å². The van der Waals surface area contributed by atoms with Gasteiger partial charge in [0.15, 0.2) is 0 Å². The molecule has 0 fully saturated rings. The number of halogens is 2. The number of carbonyl (C=O) groups excluding carboxylic acids is 1. The molecule has 0 aromatic heterocycles. The molecule has 0 radical (unpaired) electrons. The minimum atomic E-state index is -0.422. The number of hydrogen-bond donors (Lipinski definition) is 0. The first-order valence-corrected chi connectivity index (χ1v) is 14.0. The molecule has 5 rings (SSSR count). The van der Waals surface area contributed by atoms with E-state index in [0.717, 1.165) is 52.2 Å². The number of allylic oxidation sites excluding steroid dienone is 2. The third-order valence-corrected chi connectivity index (χ3v) is 7.49. The number of ether oxygens (including phenoxy) is 2. The Morgan fingerprint density at radius 3 is 2.15 bits per heavy atom. The molecule has 0 saturated carbocycles. The SMILES string of the molecule is CSc1ccc(OCc2ccc(F)cc2)c(C2=C(c3cccc(C(=O)OCc4ccc(F)cc4)c3)CCC2)c1. The van der Waals surface area contributed by atoms with Gasteiger partial charge in [0.2, 0.25) is 0 Å². The van der Waals surface area contributed by atoms with Gasteiger partial charge in [-0.1, -0.05) is 36.4 Å². The molecule has 0 saturated heterocycles. The molecule has 3 nitrogen and oxygen atoms in total. The molecular formula is C33H28F2O3S. The Hall–Kier alpha value is -3.90. The van der Waals surface area contributed by atoms with Crippen molar-refractivity contribution in [2.75, 3.05) is 6.26 Å². The largest absolute Gasteiger partial charge is 0.488 e. The predicted octanol–water partition coefficient (Wildman–Crippen LogP) is 8.72. The van der Waals surface area contributed by atoms with E-state index in [0.29, 0.717) is 12.2 Å². The van der Waals surface area contributed by atoms with Crippen LogP contribution in [0.1, 0.15) is 51.9 Å². The van der Waals surface area contributed by atoms with Crippen LogP contribution in [-0.2, 0) is 18.0 Å². The average Bonchev–Trinajstić information content (AvgIpc) is 3.46. The number of rotatable bonds is 9. The number of esters is 1. The lowest BCUT2D eigenvalue weighted by atomic mass is 9.95. The van der Waals surface area contributed by atoms with Crippen LogP contribution in [0, 0.1) is 11.6 Å². The van der Waals surface area contributed by atoms with Crippen molar-refractivity contribution in [1.29, 1.82) is 0 Å². The third-order valence-electron chi connectivity index (χ3n) is 6.77. The van der Waals surface area contributed by atoms with Crippen LogP contribution in [0.3, 0.4) is 0 Å². The average molecular weight is 543 g/mol. The van der Waals surface area contributed by atoms with E-state index in [9.17, 15) is 13.6 Å². The molecule has 0 spiro atoms. The second kappa shape index (κ2) is 12.3. The van der Waals surface area contributed by atoms with Crippen LogP contribution in [0.5, 0.6) is 5.75 Å². The van der Waals surface area contributed by atoms with Crippen molar-refractivity contribution in [2.45, 2.75) is 37.4 Å². The first kappa shape index (κ1) is 26.7. The lowest BCUT2D eigenvalue weighted by molar-refractivity contribution is 0.0472. The van der Waals surface area contributed by atoms with Gasteiger partial charge in [0.25, 0.3) is 0 Å². The van der Waals surface area contributed by atoms with Crippen LogP contribution in [-0.4, -0.2) is 12.2 Å². The van der Waals surface area contributed by atoms with E-state index in [4.69, 9.17) is 9.47 Å². The van der Waals surface area contributed by atoms with Gasteiger partial charge in [-0.05, 0) is 108 Å². The summed E-state index contributed by atoms with van der Waals surface area (Å²) < 4.78 is 38.2. The van der Waals surface area contributed by atoms with E-state index in [1.165, 1.54) is 35.4 Å². The molecule has 0 amide bonds. The van der Waals surface area contributed by atoms with E-state index in [2.05, 4.69) is 6.07 Å². The zero-order chi connectivity index (χ0) is 27.2. The van der Waals surface area contributed by atoms with Crippen molar-refractivity contribution in [2.24, 2.45) is 0 Å². The maximum atomic E-state index is 13.3. The smallest absolute Gasteiger partial charge is 0.338 e. The zero-order valence-corrected chi connectivity index (χ0v) is 22.4. The van der Waals surface area contributed by atoms with Gasteiger partial charge < -0.3 is 9.47 Å². The summed E-state index contributed by atoms with van der Waals surface area (Å²) in [5.74, 6) is -0.244. The highest BCUT2D eigenvalue weighted by molar-refractivity contribution is 7.98. The summed E-state index contributed by atoms with van der Waals surface area (Å²) in [5.41, 5.74) is 6.51. The Balaban J connectivity index is 1.40. The van der Waals surface area contributed by atoms with Gasteiger partial charge in [-0.3, -0.25) is 0 Å². The molecule has 0 unspecified atom stereocenters. The standard InChI is InChI=1S/C33H28F2O3S/c1-39-28-16-17-32(37-20-22-8-12-26(34)13-9-22)31(19-28)30-7-3-6-29(30)24-4-2-5-25(18-24)33(36)38-21-23-10-14-27(35)15-11-23/h2,4-5,8-19H,3,6-7,20-21H2,1H3. The second-order valence-corrected chi connectivity index (χ2v) is 10.3. The van der Waals surface area contributed by atoms with Crippen LogP contribution in [0.2, 0.25) is 0 Å². The van der Waals surface area contributed by atoms with Gasteiger partial charge in [0.05, 0.1) is 5.56 Å². The first-order valence-electron chi connectivity index (χ1n) is 12.8. The fourth-order valence-corrected chi connectivity index (χ4v) is 5.19. The Morgan fingerprint density at radius 1 is 0.795 bits per heavy atom. The van der Waals surface area contributed by atoms with Crippen LogP contribution in [0.4, 0.5) is 8.78 Å². The van der Waals surface area contributed by atoms with Crippen LogP contribution in [0.15, 0.2) is 95.9 Å². The van der Waals surface area contributed by atoms with Crippen molar-refractivity contribution >= 4 is 28.9 Å². The maximum Gasteiger partial charge on any atom is 0.338 e. The lowest BCUT2D eigenvalue weighted by Crippen LogP contribution is -2.06. The van der Waals surface area contributed by atoms with Gasteiger partial charge in [-0.15, -0.1) is 11.8 Å². The van der Waals surface area contributed by atoms with Gasteiger partial charge in [0, 0.05) is 10.5 Å². The highest BCUT2D eigenvalue weighted by atomic mass is 32.2. The third kappa shape index (κ3) is 6.58. The van der Waals surface area contributed by atoms with E-state index >= 15 is 0 Å². The lowest BCUT2D eigenvalue weighted by Gasteiger charge is -2.16. The Kier molecular flexibility index (Phi) is 8.42. The second-order valence-electron chi connectivity index (χ2n) is 9.37. The number of hydrogen-bond acceptors (Lipinski definition) is 4. The Labute approximate surface area is 231 Å². The normalized spacial score (nSPS) is 13.0. The monoisotopic (exact) mass is 542 g/mol. The predicted molar refractivity (Wildman–Crippen MR) is 152 cm³/mol. The molecule has 4 aromatic rings. The summed E-state index contributed by atoms with van der Waals surface area (Å²) >= 11 is 1.67. The molecule has 6 heteroatoms. The van der Waals surface area contributed by atoms with E-state index in [-0.39, 0.29) is 18.2 Å². The molecule has 1 aliphatic carbocycles. The fraction of sp³-hybridized carbons (Fsp3) is 0.182. The van der Waals surface area contributed by atoms with Gasteiger partial charge >= 0.3 is 5.97 Å². The van der Waals surface area contributed by atoms with Crippen LogP contribution >= 0.6 is 11.8 Å². The number of benzene rings is 4. The molecule has 4 aromatic carbocycles. The summed E-state index contributed by atoms with van der Waals surface area (Å²) in [6.07, 6.45) is 4.84. The molecular weight excluding hydrogens is 514 g/mol. The highest BCUT2D eigenvalue weighted by Crippen LogP contribution is 2.44. The van der Waals surface area contributed by atoms with Gasteiger partial charge in [0.1, 0.15) is 30.6 Å². The van der Waals surface area contributed by atoms with Gasteiger partial charge in [-0.2, -0.15) is 0 Å². The highest BCUT2D eigenvalue weighted by Gasteiger charge is 2.22. The summed E-state index contributed by atoms with van der Waals surface area (Å²) in [6.45, 7) is 0.414. The fourth-order valence-electron chi connectivity index (χ4n) is 4.75. The van der Waals surface area contributed by atoms with Crippen molar-refractivity contribution in [3.05, 3.63) is 130 Å². The van der Waals surface area contributed by atoms with E-state index in [1.54, 1.807) is 42.1 Å². The first-order chi connectivity index (χ1) is 19.0. The zero-order valence-electron chi connectivity index (χ0n) is 21.6. The number of carbonyl (C=O) groups is 1.